The van der Waals surface area contributed by atoms with Crippen molar-refractivity contribution in [2.45, 2.75) is 32.0 Å². The summed E-state index contributed by atoms with van der Waals surface area (Å²) >= 11 is 0. The van der Waals surface area contributed by atoms with Crippen LogP contribution in [0.1, 0.15) is 31.5 Å². The average Bonchev–Trinajstić information content (AvgIpc) is 2.24. The minimum Gasteiger partial charge on any atom is -0.309 e. The second-order valence-electron chi connectivity index (χ2n) is 3.67. The van der Waals surface area contributed by atoms with Crippen molar-refractivity contribution in [3.63, 3.8) is 0 Å². The molecule has 0 amide bonds. The lowest BCUT2D eigenvalue weighted by Gasteiger charge is -2.18. The van der Waals surface area contributed by atoms with E-state index in [1.807, 2.05) is 0 Å². The van der Waals surface area contributed by atoms with Gasteiger partial charge in [0.2, 0.25) is 0 Å². The van der Waals surface area contributed by atoms with E-state index >= 15 is 0 Å². The first-order valence-corrected chi connectivity index (χ1v) is 5.34. The molecule has 17 heavy (non-hydrogen) atoms. The van der Waals surface area contributed by atoms with Crippen molar-refractivity contribution >= 4 is 0 Å². The smallest absolute Gasteiger partial charge is 0.309 e. The molecular formula is C11H14F4N2. The number of nitrogens with zero attached hydrogens (tertiary/aromatic N) is 1. The number of alkyl halides is 3. The second kappa shape index (κ2) is 5.95. The minimum atomic E-state index is -4.19. The number of rotatable bonds is 5. The van der Waals surface area contributed by atoms with Crippen LogP contribution in [0.5, 0.6) is 0 Å². The maximum Gasteiger partial charge on any atom is 0.389 e. The third-order valence-corrected chi connectivity index (χ3v) is 2.27. The summed E-state index contributed by atoms with van der Waals surface area (Å²) in [6, 6.07) is 2.10. The fraction of sp³-hybridized carbons (Fsp3) is 0.545. The summed E-state index contributed by atoms with van der Waals surface area (Å²) < 4.78 is 49.0. The molecule has 1 unspecified atom stereocenters. The van der Waals surface area contributed by atoms with Gasteiger partial charge >= 0.3 is 6.18 Å². The molecule has 1 aromatic rings. The first kappa shape index (κ1) is 13.9. The molecule has 1 N–H and O–H groups in total. The summed E-state index contributed by atoms with van der Waals surface area (Å²) in [6.45, 7) is 2.33. The predicted octanol–water partition coefficient (Wildman–Crippen LogP) is 3.21. The lowest BCUT2D eigenvalue weighted by molar-refractivity contribution is -0.136. The molecule has 0 fully saturated rings. The van der Waals surface area contributed by atoms with Gasteiger partial charge in [0.25, 0.3) is 0 Å². The molecule has 0 aliphatic carbocycles. The van der Waals surface area contributed by atoms with Gasteiger partial charge in [-0.1, -0.05) is 6.92 Å². The van der Waals surface area contributed by atoms with E-state index in [0.717, 1.165) is 6.20 Å². The Hall–Kier alpha value is -1.17. The summed E-state index contributed by atoms with van der Waals surface area (Å²) in [7, 11) is 0. The van der Waals surface area contributed by atoms with Gasteiger partial charge in [0.15, 0.2) is 0 Å². The average molecular weight is 250 g/mol. The van der Waals surface area contributed by atoms with Crippen LogP contribution in [-0.4, -0.2) is 17.7 Å². The third-order valence-electron chi connectivity index (χ3n) is 2.27. The van der Waals surface area contributed by atoms with E-state index in [-0.39, 0.29) is 6.42 Å². The molecule has 0 saturated heterocycles. The van der Waals surface area contributed by atoms with Crippen molar-refractivity contribution in [2.24, 2.45) is 0 Å². The van der Waals surface area contributed by atoms with Crippen LogP contribution in [0.15, 0.2) is 18.3 Å². The molecule has 0 aliphatic rings. The predicted molar refractivity (Wildman–Crippen MR) is 55.9 cm³/mol. The lowest BCUT2D eigenvalue weighted by Crippen LogP contribution is -2.24. The molecule has 2 nitrogen and oxygen atoms in total. The molecule has 1 aromatic heterocycles. The summed E-state index contributed by atoms with van der Waals surface area (Å²) in [5.41, 5.74) is 0.428. The van der Waals surface area contributed by atoms with Gasteiger partial charge in [-0.3, -0.25) is 4.98 Å². The number of nitrogens with one attached hydrogen (secondary N) is 1. The number of aromatic nitrogens is 1. The van der Waals surface area contributed by atoms with E-state index in [1.54, 1.807) is 6.92 Å². The molecule has 0 aliphatic heterocycles. The van der Waals surface area contributed by atoms with E-state index in [0.29, 0.717) is 12.2 Å². The summed E-state index contributed by atoms with van der Waals surface area (Å²) in [5.74, 6) is -0.500. The zero-order valence-corrected chi connectivity index (χ0v) is 9.39. The van der Waals surface area contributed by atoms with Crippen molar-refractivity contribution in [2.75, 3.05) is 6.54 Å². The van der Waals surface area contributed by atoms with Gasteiger partial charge in [0.05, 0.1) is 11.9 Å². The van der Waals surface area contributed by atoms with Crippen LogP contribution in [-0.2, 0) is 0 Å². The van der Waals surface area contributed by atoms with Crippen molar-refractivity contribution < 1.29 is 17.6 Å². The Morgan fingerprint density at radius 2 is 2.06 bits per heavy atom. The lowest BCUT2D eigenvalue weighted by atomic mass is 10.1. The van der Waals surface area contributed by atoms with Crippen molar-refractivity contribution in [3.8, 4) is 0 Å². The Labute approximate surface area is 97.1 Å². The van der Waals surface area contributed by atoms with Gasteiger partial charge < -0.3 is 5.32 Å². The molecular weight excluding hydrogens is 236 g/mol. The van der Waals surface area contributed by atoms with Crippen LogP contribution in [0.2, 0.25) is 0 Å². The molecule has 6 heteroatoms. The Bertz CT molecular complexity index is 334. The molecule has 96 valence electrons. The molecule has 1 rings (SSSR count). The number of hydrogen-bond donors (Lipinski definition) is 1. The molecule has 1 atom stereocenters. The molecule has 0 bridgehead atoms. The van der Waals surface area contributed by atoms with Crippen LogP contribution in [0.3, 0.4) is 0 Å². The van der Waals surface area contributed by atoms with E-state index in [1.165, 1.54) is 12.1 Å². The number of hydrogen-bond acceptors (Lipinski definition) is 2. The minimum absolute atomic E-state index is 0.101. The van der Waals surface area contributed by atoms with Gasteiger partial charge in [0, 0.05) is 12.5 Å². The summed E-state index contributed by atoms with van der Waals surface area (Å²) in [4.78, 5) is 3.79. The van der Waals surface area contributed by atoms with Crippen molar-refractivity contribution in [1.82, 2.24) is 10.3 Å². The van der Waals surface area contributed by atoms with E-state index < -0.39 is 24.5 Å². The fourth-order valence-electron chi connectivity index (χ4n) is 1.50. The normalized spacial score (nSPS) is 13.7. The Balaban J connectivity index is 2.68. The van der Waals surface area contributed by atoms with Crippen LogP contribution >= 0.6 is 0 Å². The zero-order chi connectivity index (χ0) is 12.9. The van der Waals surface area contributed by atoms with Gasteiger partial charge in [-0.05, 0) is 25.1 Å². The highest BCUT2D eigenvalue weighted by molar-refractivity contribution is 5.09. The number of pyridine rings is 1. The standard InChI is InChI=1S/C11H14F4N2/c1-2-16-10(5-6-11(13,14)15)9-4-3-8(12)7-17-9/h3-4,7,10,16H,2,5-6H2,1H3. The van der Waals surface area contributed by atoms with Crippen LogP contribution in [0.4, 0.5) is 17.6 Å². The SMILES string of the molecule is CCNC(CCC(F)(F)F)c1ccc(F)cn1. The highest BCUT2D eigenvalue weighted by Crippen LogP contribution is 2.26. The molecule has 0 spiro atoms. The maximum absolute atomic E-state index is 12.6. The van der Waals surface area contributed by atoms with Crippen LogP contribution < -0.4 is 5.32 Å². The van der Waals surface area contributed by atoms with Gasteiger partial charge in [-0.25, -0.2) is 4.39 Å². The van der Waals surface area contributed by atoms with E-state index in [9.17, 15) is 17.6 Å². The molecule has 0 saturated carbocycles. The van der Waals surface area contributed by atoms with Crippen LogP contribution in [0, 0.1) is 5.82 Å². The fourth-order valence-corrected chi connectivity index (χ4v) is 1.50. The molecule has 0 aromatic carbocycles. The highest BCUT2D eigenvalue weighted by Gasteiger charge is 2.28. The first-order valence-electron chi connectivity index (χ1n) is 5.34. The summed E-state index contributed by atoms with van der Waals surface area (Å²) in [6.07, 6.45) is -4.17. The quantitative estimate of drug-likeness (QED) is 0.812. The second-order valence-corrected chi connectivity index (χ2v) is 3.67. The Morgan fingerprint density at radius 1 is 1.35 bits per heavy atom. The Morgan fingerprint density at radius 3 is 2.53 bits per heavy atom. The molecule has 1 heterocycles. The first-order chi connectivity index (χ1) is 7.92. The topological polar surface area (TPSA) is 24.9 Å². The van der Waals surface area contributed by atoms with Gasteiger partial charge in [-0.2, -0.15) is 13.2 Å². The summed E-state index contributed by atoms with van der Waals surface area (Å²) in [5, 5.41) is 2.91. The van der Waals surface area contributed by atoms with Crippen molar-refractivity contribution in [1.29, 1.82) is 0 Å². The van der Waals surface area contributed by atoms with E-state index in [2.05, 4.69) is 10.3 Å². The number of halogens is 4. The maximum atomic E-state index is 12.6. The monoisotopic (exact) mass is 250 g/mol. The zero-order valence-electron chi connectivity index (χ0n) is 9.39. The van der Waals surface area contributed by atoms with E-state index in [4.69, 9.17) is 0 Å². The Kier molecular flexibility index (Phi) is 4.86. The largest absolute Gasteiger partial charge is 0.389 e. The van der Waals surface area contributed by atoms with Gasteiger partial charge in [0.1, 0.15) is 5.82 Å². The van der Waals surface area contributed by atoms with Crippen LogP contribution in [0.25, 0.3) is 0 Å². The van der Waals surface area contributed by atoms with Crippen molar-refractivity contribution in [3.05, 3.63) is 29.8 Å². The highest BCUT2D eigenvalue weighted by atomic mass is 19.4. The van der Waals surface area contributed by atoms with Gasteiger partial charge in [-0.15, -0.1) is 0 Å². The third kappa shape index (κ3) is 5.12. The molecule has 0 radical (unpaired) electrons.